The van der Waals surface area contributed by atoms with E-state index in [1.54, 1.807) is 0 Å². The van der Waals surface area contributed by atoms with E-state index in [0.29, 0.717) is 13.1 Å². The van der Waals surface area contributed by atoms with Crippen molar-refractivity contribution in [2.45, 2.75) is 25.7 Å². The maximum atomic E-state index is 9.63. The molecule has 0 unspecified atom stereocenters. The van der Waals surface area contributed by atoms with Crippen LogP contribution in [0.4, 0.5) is 4.79 Å². The van der Waals surface area contributed by atoms with Crippen molar-refractivity contribution in [2.24, 2.45) is 15.7 Å². The molecule has 0 fully saturated rings. The van der Waals surface area contributed by atoms with Gasteiger partial charge in [0, 0.05) is 0 Å². The second kappa shape index (κ2) is 15.5. The molecular weight excluding hydrogens is 214 g/mol. The second-order valence-corrected chi connectivity index (χ2v) is 2.70. The summed E-state index contributed by atoms with van der Waals surface area (Å²) in [6, 6.07) is 0. The number of hydrogen-bond donors (Lipinski definition) is 2. The Bertz CT molecular complexity index is 242. The van der Waals surface area contributed by atoms with Gasteiger partial charge in [-0.2, -0.15) is 0 Å². The van der Waals surface area contributed by atoms with Crippen LogP contribution in [-0.4, -0.2) is 36.4 Å². The summed E-state index contributed by atoms with van der Waals surface area (Å²) in [5, 5.41) is 7.19. The molecule has 3 N–H and O–H groups in total. The van der Waals surface area contributed by atoms with Gasteiger partial charge in [-0.25, -0.2) is 24.4 Å². The number of aliphatic imine (C=N–C) groups is 2. The molecule has 0 spiro atoms. The number of unbranched alkanes of at least 4 members (excludes halogenated alkanes) is 3. The van der Waals surface area contributed by atoms with Gasteiger partial charge < -0.3 is 10.8 Å². The maximum Gasteiger partial charge on any atom is 0.402 e. The standard InChI is InChI=1S/C8H12N2O2.CH3NO2/c11-7-9-5-3-1-2-4-6-10-8-12;2-1(3)4/h1-6H2;2H2,(H,3,4). The minimum Gasteiger partial charge on any atom is -0.465 e. The van der Waals surface area contributed by atoms with Crippen LogP contribution in [0.15, 0.2) is 9.98 Å². The van der Waals surface area contributed by atoms with E-state index in [2.05, 4.69) is 15.7 Å². The summed E-state index contributed by atoms with van der Waals surface area (Å²) in [4.78, 5) is 34.9. The van der Waals surface area contributed by atoms with E-state index in [1.807, 2.05) is 0 Å². The molecule has 90 valence electrons. The van der Waals surface area contributed by atoms with Crippen LogP contribution < -0.4 is 5.73 Å². The minimum absolute atomic E-state index is 0.556. The minimum atomic E-state index is -1.33. The molecule has 0 aromatic carbocycles. The lowest BCUT2D eigenvalue weighted by molar-refractivity contribution is 0.205. The third-order valence-electron chi connectivity index (χ3n) is 1.42. The first kappa shape index (κ1) is 16.5. The van der Waals surface area contributed by atoms with E-state index in [0.717, 1.165) is 25.7 Å². The zero-order valence-electron chi connectivity index (χ0n) is 8.89. The van der Waals surface area contributed by atoms with Crippen LogP contribution in [0.1, 0.15) is 25.7 Å². The predicted octanol–water partition coefficient (Wildman–Crippen LogP) is 0.841. The summed E-state index contributed by atoms with van der Waals surface area (Å²) in [6.07, 6.45) is 5.47. The highest BCUT2D eigenvalue weighted by atomic mass is 16.4. The van der Waals surface area contributed by atoms with Crippen LogP contribution in [0.3, 0.4) is 0 Å². The van der Waals surface area contributed by atoms with Crippen molar-refractivity contribution in [1.82, 2.24) is 0 Å². The van der Waals surface area contributed by atoms with Gasteiger partial charge in [-0.3, -0.25) is 0 Å². The topological polar surface area (TPSA) is 122 Å². The molecule has 0 atom stereocenters. The molecule has 0 rings (SSSR count). The SMILES string of the molecule is NC(=O)O.O=C=NCCCCCCN=C=O. The Labute approximate surface area is 93.1 Å². The Morgan fingerprint density at radius 1 is 1.00 bits per heavy atom. The normalized spacial score (nSPS) is 7.75. The molecule has 0 heterocycles. The van der Waals surface area contributed by atoms with Crippen molar-refractivity contribution < 1.29 is 19.5 Å². The van der Waals surface area contributed by atoms with Crippen molar-refractivity contribution in [3.05, 3.63) is 0 Å². The zero-order chi connectivity index (χ0) is 12.6. The van der Waals surface area contributed by atoms with Crippen LogP contribution in [0.2, 0.25) is 0 Å². The van der Waals surface area contributed by atoms with E-state index in [1.165, 1.54) is 12.2 Å². The maximum absolute atomic E-state index is 9.63. The zero-order valence-corrected chi connectivity index (χ0v) is 8.89. The Kier molecular flexibility index (Phi) is 15.9. The van der Waals surface area contributed by atoms with Crippen LogP contribution in [-0.2, 0) is 9.59 Å². The van der Waals surface area contributed by atoms with Crippen LogP contribution in [0, 0.1) is 0 Å². The van der Waals surface area contributed by atoms with Gasteiger partial charge in [-0.15, -0.1) is 0 Å². The van der Waals surface area contributed by atoms with Crippen molar-refractivity contribution in [1.29, 1.82) is 0 Å². The first-order valence-electron chi connectivity index (χ1n) is 4.70. The molecule has 0 bridgehead atoms. The number of hydrogen-bond acceptors (Lipinski definition) is 5. The first-order chi connectivity index (χ1) is 7.65. The fourth-order valence-electron chi connectivity index (χ4n) is 0.827. The summed E-state index contributed by atoms with van der Waals surface area (Å²) >= 11 is 0. The Morgan fingerprint density at radius 2 is 1.31 bits per heavy atom. The highest BCUT2D eigenvalue weighted by Gasteiger charge is 1.87. The number of nitrogens with two attached hydrogens (primary N) is 1. The number of nitrogens with zero attached hydrogens (tertiary/aromatic N) is 2. The van der Waals surface area contributed by atoms with Crippen molar-refractivity contribution in [3.63, 3.8) is 0 Å². The lowest BCUT2D eigenvalue weighted by Crippen LogP contribution is -2.03. The predicted molar refractivity (Wildman–Crippen MR) is 56.7 cm³/mol. The van der Waals surface area contributed by atoms with E-state index in [4.69, 9.17) is 9.90 Å². The molecule has 7 heteroatoms. The number of amides is 1. The van der Waals surface area contributed by atoms with E-state index in [-0.39, 0.29) is 0 Å². The molecule has 0 saturated carbocycles. The lowest BCUT2D eigenvalue weighted by atomic mass is 10.2. The highest BCUT2D eigenvalue weighted by Crippen LogP contribution is 1.99. The molecule has 7 nitrogen and oxygen atoms in total. The number of carbonyl (C=O) groups is 1. The largest absolute Gasteiger partial charge is 0.465 e. The van der Waals surface area contributed by atoms with Gasteiger partial charge in [-0.05, 0) is 12.8 Å². The summed E-state index contributed by atoms with van der Waals surface area (Å²) in [7, 11) is 0. The molecule has 0 aromatic rings. The summed E-state index contributed by atoms with van der Waals surface area (Å²) < 4.78 is 0. The molecule has 16 heavy (non-hydrogen) atoms. The number of rotatable bonds is 7. The monoisotopic (exact) mass is 229 g/mol. The van der Waals surface area contributed by atoms with Crippen LogP contribution in [0.25, 0.3) is 0 Å². The average Bonchev–Trinajstić information content (AvgIpc) is 2.21. The molecule has 0 aliphatic carbocycles. The first-order valence-corrected chi connectivity index (χ1v) is 4.70. The van der Waals surface area contributed by atoms with Crippen molar-refractivity contribution >= 4 is 18.3 Å². The quantitative estimate of drug-likeness (QED) is 0.381. The van der Waals surface area contributed by atoms with Gasteiger partial charge in [0.25, 0.3) is 0 Å². The molecule has 0 radical (unpaired) electrons. The molecule has 0 saturated heterocycles. The average molecular weight is 229 g/mol. The van der Waals surface area contributed by atoms with Gasteiger partial charge in [0.15, 0.2) is 0 Å². The van der Waals surface area contributed by atoms with E-state index < -0.39 is 6.09 Å². The van der Waals surface area contributed by atoms with Crippen LogP contribution >= 0.6 is 0 Å². The number of carbonyl (C=O) groups excluding carboxylic acids is 2. The van der Waals surface area contributed by atoms with Gasteiger partial charge in [0.1, 0.15) is 0 Å². The van der Waals surface area contributed by atoms with E-state index >= 15 is 0 Å². The van der Waals surface area contributed by atoms with Crippen molar-refractivity contribution in [2.75, 3.05) is 13.1 Å². The number of isocyanates is 2. The fourth-order valence-corrected chi connectivity index (χ4v) is 0.827. The van der Waals surface area contributed by atoms with Gasteiger partial charge in [0.05, 0.1) is 13.1 Å². The summed E-state index contributed by atoms with van der Waals surface area (Å²) in [5.41, 5.74) is 4.03. The van der Waals surface area contributed by atoms with Gasteiger partial charge >= 0.3 is 6.09 Å². The van der Waals surface area contributed by atoms with Crippen molar-refractivity contribution in [3.8, 4) is 0 Å². The van der Waals surface area contributed by atoms with Gasteiger partial charge in [-0.1, -0.05) is 12.8 Å². The highest BCUT2D eigenvalue weighted by molar-refractivity contribution is 5.61. The molecule has 0 aliphatic heterocycles. The second-order valence-electron chi connectivity index (χ2n) is 2.70. The summed E-state index contributed by atoms with van der Waals surface area (Å²) in [6.45, 7) is 1.11. The third-order valence-corrected chi connectivity index (χ3v) is 1.42. The van der Waals surface area contributed by atoms with Crippen LogP contribution in [0.5, 0.6) is 0 Å². The molecular formula is C9H15N3O4. The molecule has 0 aliphatic rings. The van der Waals surface area contributed by atoms with Gasteiger partial charge in [0.2, 0.25) is 12.2 Å². The molecule has 1 amide bonds. The Morgan fingerprint density at radius 3 is 1.56 bits per heavy atom. The summed E-state index contributed by atoms with van der Waals surface area (Å²) in [5.74, 6) is 0. The third kappa shape index (κ3) is 29.6. The number of primary amides is 1. The Balaban J connectivity index is 0. The van der Waals surface area contributed by atoms with E-state index in [9.17, 15) is 9.59 Å². The Hall–Kier alpha value is -1.97. The number of carboxylic acid groups (broad SMARTS) is 1. The lowest BCUT2D eigenvalue weighted by Gasteiger charge is -1.93. The molecule has 0 aromatic heterocycles. The fraction of sp³-hybridized carbons (Fsp3) is 0.667. The smallest absolute Gasteiger partial charge is 0.402 e.